The average molecular weight is 239 g/mol. The summed E-state index contributed by atoms with van der Waals surface area (Å²) < 4.78 is 4.94. The molecule has 3 nitrogen and oxygen atoms in total. The highest BCUT2D eigenvalue weighted by Crippen LogP contribution is 2.34. The highest BCUT2D eigenvalue weighted by Gasteiger charge is 2.35. The number of carbonyl (C=O) groups is 1. The van der Waals surface area contributed by atoms with Crippen LogP contribution in [0.25, 0.3) is 0 Å². The average Bonchev–Trinajstić information content (AvgIpc) is 2.27. The first kappa shape index (κ1) is 13.2. The first-order valence-corrected chi connectivity index (χ1v) is 9.30. The minimum atomic E-state index is -1.34. The van der Waals surface area contributed by atoms with Crippen LogP contribution >= 0.6 is 0 Å². The molecule has 1 unspecified atom stereocenters. The summed E-state index contributed by atoms with van der Waals surface area (Å²) in [6, 6.07) is 5.45. The molecule has 0 aromatic heterocycles. The van der Waals surface area contributed by atoms with Crippen LogP contribution in [0.1, 0.15) is 26.2 Å². The molecule has 90 valence electrons. The predicted molar refractivity (Wildman–Crippen MR) is 65.6 cm³/mol. The largest absolute Gasteiger partial charge is 0.465 e. The van der Waals surface area contributed by atoms with Crippen molar-refractivity contribution in [2.24, 2.45) is 5.92 Å². The summed E-state index contributed by atoms with van der Waals surface area (Å²) in [5.74, 6) is -0.834. The van der Waals surface area contributed by atoms with E-state index in [-0.39, 0.29) is 5.97 Å². The van der Waals surface area contributed by atoms with E-state index >= 15 is 0 Å². The second-order valence-electron chi connectivity index (χ2n) is 5.01. The lowest BCUT2D eigenvalue weighted by atomic mass is 10.2. The summed E-state index contributed by atoms with van der Waals surface area (Å²) in [7, 11) is -1.34. The molecule has 0 aliphatic carbocycles. The molecule has 4 heteroatoms. The maximum absolute atomic E-state index is 11.6. The number of ether oxygens (including phenoxy) is 1. The third-order valence-corrected chi connectivity index (χ3v) is 8.00. The van der Waals surface area contributed by atoms with E-state index in [0.29, 0.717) is 6.61 Å². The van der Waals surface area contributed by atoms with Gasteiger partial charge in [-0.2, -0.15) is 5.26 Å². The van der Waals surface area contributed by atoms with E-state index < -0.39 is 14.0 Å². The normalized spacial score (nSPS) is 20.8. The Labute approximate surface area is 98.8 Å². The molecule has 0 aromatic carbocycles. The molecule has 1 saturated heterocycles. The highest BCUT2D eigenvalue weighted by molar-refractivity contribution is 6.79. The van der Waals surface area contributed by atoms with Crippen LogP contribution in [0, 0.1) is 17.2 Å². The van der Waals surface area contributed by atoms with Crippen molar-refractivity contribution in [3.63, 3.8) is 0 Å². The lowest BCUT2D eigenvalue weighted by molar-refractivity contribution is -0.145. The predicted octanol–water partition coefficient (Wildman–Crippen LogP) is 2.95. The summed E-state index contributed by atoms with van der Waals surface area (Å²) in [5.41, 5.74) is 0. The zero-order chi connectivity index (χ0) is 12.0. The Balaban J connectivity index is 2.55. The van der Waals surface area contributed by atoms with Crippen molar-refractivity contribution in [3.05, 3.63) is 0 Å². The van der Waals surface area contributed by atoms with Gasteiger partial charge in [-0.25, -0.2) is 0 Å². The van der Waals surface area contributed by atoms with Gasteiger partial charge in [-0.1, -0.05) is 37.9 Å². The number of nitrogens with zero attached hydrogens (tertiary/aromatic N) is 1. The molecule has 1 aliphatic heterocycles. The van der Waals surface area contributed by atoms with Gasteiger partial charge in [-0.05, 0) is 13.0 Å². The van der Waals surface area contributed by atoms with Crippen LogP contribution in [0.3, 0.4) is 0 Å². The molecule has 1 heterocycles. The van der Waals surface area contributed by atoms with Crippen molar-refractivity contribution in [2.75, 3.05) is 6.61 Å². The van der Waals surface area contributed by atoms with Gasteiger partial charge < -0.3 is 4.74 Å². The Kier molecular flexibility index (Phi) is 5.00. The zero-order valence-electron chi connectivity index (χ0n) is 10.3. The fourth-order valence-electron chi connectivity index (χ4n) is 2.53. The summed E-state index contributed by atoms with van der Waals surface area (Å²) in [4.78, 5) is 11.6. The van der Waals surface area contributed by atoms with Gasteiger partial charge in [0, 0.05) is 0 Å². The van der Waals surface area contributed by atoms with Gasteiger partial charge in [-0.3, -0.25) is 4.79 Å². The van der Waals surface area contributed by atoms with Crippen LogP contribution in [0.4, 0.5) is 0 Å². The minimum absolute atomic E-state index is 0.315. The van der Waals surface area contributed by atoms with Crippen LogP contribution in [0.2, 0.25) is 24.7 Å². The number of esters is 1. The van der Waals surface area contributed by atoms with Crippen LogP contribution in [-0.2, 0) is 9.53 Å². The minimum Gasteiger partial charge on any atom is -0.465 e. The van der Waals surface area contributed by atoms with Crippen molar-refractivity contribution in [1.82, 2.24) is 0 Å². The Morgan fingerprint density at radius 2 is 2.06 bits per heavy atom. The van der Waals surface area contributed by atoms with E-state index in [4.69, 9.17) is 10.00 Å². The van der Waals surface area contributed by atoms with Gasteiger partial charge in [-0.15, -0.1) is 0 Å². The molecule has 0 aromatic rings. The third kappa shape index (κ3) is 3.64. The van der Waals surface area contributed by atoms with E-state index in [9.17, 15) is 4.79 Å². The molecule has 1 rings (SSSR count). The molecule has 1 aliphatic rings. The molecule has 0 spiro atoms. The summed E-state index contributed by atoms with van der Waals surface area (Å²) in [6.45, 7) is 4.48. The van der Waals surface area contributed by atoms with E-state index in [1.165, 1.54) is 31.4 Å². The van der Waals surface area contributed by atoms with Crippen molar-refractivity contribution < 1.29 is 9.53 Å². The van der Waals surface area contributed by atoms with Crippen molar-refractivity contribution in [2.45, 2.75) is 50.9 Å². The smallest absolute Gasteiger partial charge is 0.323 e. The number of carbonyl (C=O) groups excluding carboxylic acids is 1. The summed E-state index contributed by atoms with van der Waals surface area (Å²) in [6.07, 6.45) is 3.88. The third-order valence-electron chi connectivity index (χ3n) is 3.48. The van der Waals surface area contributed by atoms with Gasteiger partial charge in [0.2, 0.25) is 0 Å². The number of hydrogen-bond acceptors (Lipinski definition) is 3. The number of rotatable bonds is 4. The van der Waals surface area contributed by atoms with Gasteiger partial charge in [0.15, 0.2) is 0 Å². The topological polar surface area (TPSA) is 50.1 Å². The van der Waals surface area contributed by atoms with Gasteiger partial charge in [0.25, 0.3) is 0 Å². The van der Waals surface area contributed by atoms with E-state index in [1.807, 2.05) is 0 Å². The summed E-state index contributed by atoms with van der Waals surface area (Å²) >= 11 is 0. The number of nitriles is 1. The Hall–Kier alpha value is -0.823. The molecule has 1 fully saturated rings. The maximum Gasteiger partial charge on any atom is 0.323 e. The number of hydrogen-bond donors (Lipinski definition) is 0. The monoisotopic (exact) mass is 239 g/mol. The molecular formula is C12H21NO2Si. The second-order valence-corrected chi connectivity index (χ2v) is 10.0. The van der Waals surface area contributed by atoms with E-state index in [0.717, 1.165) is 6.04 Å². The fourth-order valence-corrected chi connectivity index (χ4v) is 6.64. The molecule has 0 N–H and O–H groups in total. The Morgan fingerprint density at radius 3 is 2.56 bits per heavy atom. The first-order valence-electron chi connectivity index (χ1n) is 6.17. The molecule has 0 saturated carbocycles. The van der Waals surface area contributed by atoms with E-state index in [2.05, 4.69) is 12.6 Å². The van der Waals surface area contributed by atoms with Gasteiger partial charge in [0.1, 0.15) is 5.92 Å². The van der Waals surface area contributed by atoms with Gasteiger partial charge >= 0.3 is 5.97 Å². The quantitative estimate of drug-likeness (QED) is 0.560. The second kappa shape index (κ2) is 6.05. The summed E-state index contributed by atoms with van der Waals surface area (Å²) in [5, 5.41) is 9.04. The van der Waals surface area contributed by atoms with Crippen molar-refractivity contribution in [3.8, 4) is 6.07 Å². The lowest BCUT2D eigenvalue weighted by Gasteiger charge is -2.32. The zero-order valence-corrected chi connectivity index (χ0v) is 11.3. The molecule has 0 bridgehead atoms. The van der Waals surface area contributed by atoms with Crippen LogP contribution < -0.4 is 0 Å². The molecule has 1 atom stereocenters. The first-order chi connectivity index (χ1) is 7.61. The van der Waals surface area contributed by atoms with Gasteiger partial charge in [0.05, 0.1) is 20.7 Å². The molecule has 0 radical (unpaired) electrons. The Morgan fingerprint density at radius 1 is 1.44 bits per heavy atom. The molecular weight excluding hydrogens is 218 g/mol. The van der Waals surface area contributed by atoms with E-state index in [1.54, 1.807) is 6.92 Å². The SMILES string of the molecule is CCOC(=O)C(C#N)C[Si]1(C)CCCCC1. The fraction of sp³-hybridized carbons (Fsp3) is 0.833. The highest BCUT2D eigenvalue weighted by atomic mass is 28.3. The Bertz CT molecular complexity index is 279. The maximum atomic E-state index is 11.6. The van der Waals surface area contributed by atoms with Crippen molar-refractivity contribution in [1.29, 1.82) is 5.26 Å². The van der Waals surface area contributed by atoms with Crippen LogP contribution in [-0.4, -0.2) is 20.7 Å². The molecule has 0 amide bonds. The molecule has 16 heavy (non-hydrogen) atoms. The van der Waals surface area contributed by atoms with Crippen LogP contribution in [0.5, 0.6) is 0 Å². The lowest BCUT2D eigenvalue weighted by Crippen LogP contribution is -2.36. The van der Waals surface area contributed by atoms with Crippen molar-refractivity contribution >= 4 is 14.0 Å². The van der Waals surface area contributed by atoms with Crippen LogP contribution in [0.15, 0.2) is 0 Å². The standard InChI is InChI=1S/C12H21NO2Si/c1-3-15-12(14)11(9-13)10-16(2)7-5-4-6-8-16/h11H,3-8,10H2,1-2H3.